The number of carboxylic acid groups (broad SMARTS) is 1. The summed E-state index contributed by atoms with van der Waals surface area (Å²) in [7, 11) is 0. The molecule has 3 aromatic carbocycles. The van der Waals surface area contributed by atoms with Crippen LogP contribution in [0.5, 0.6) is 0 Å². The van der Waals surface area contributed by atoms with E-state index in [1.807, 2.05) is 42.5 Å². The molecule has 32 heteroatoms. The first-order valence-electron chi connectivity index (χ1n) is 37.3. The van der Waals surface area contributed by atoms with Crippen molar-refractivity contribution in [3.63, 3.8) is 0 Å². The number of halogens is 1. The Morgan fingerprint density at radius 1 is 0.505 bits per heavy atom. The summed E-state index contributed by atoms with van der Waals surface area (Å²) in [5, 5.41) is 52.5. The Balaban J connectivity index is 1.15. The monoisotopic (exact) mass is 1550 g/mol. The second kappa shape index (κ2) is 45.0. The first-order chi connectivity index (χ1) is 53.3. The first kappa shape index (κ1) is 86.9. The van der Waals surface area contributed by atoms with E-state index in [-0.39, 0.29) is 121 Å². The molecule has 4 heterocycles. The average Bonchev–Trinajstić information content (AvgIpc) is 1.69. The molecule has 0 saturated carbocycles. The highest BCUT2D eigenvalue weighted by Crippen LogP contribution is 2.23. The van der Waals surface area contributed by atoms with E-state index in [0.717, 1.165) is 10.8 Å². The molecule has 7 rings (SSSR count). The molecule has 31 nitrogen and oxygen atoms in total. The molecule has 10 atom stereocenters. The van der Waals surface area contributed by atoms with Gasteiger partial charge < -0.3 is 79.3 Å². The number of aliphatic hydroxyl groups is 1. The fraction of sp³-hybridized carbons (Fsp3) is 0.443. The third kappa shape index (κ3) is 28.6. The molecule has 1 aliphatic rings. The minimum absolute atomic E-state index is 0.00809. The Morgan fingerprint density at radius 2 is 0.982 bits per heavy atom. The second-order valence-corrected chi connectivity index (χ2v) is 28.2. The van der Waals surface area contributed by atoms with E-state index >= 15 is 9.59 Å². The smallest absolute Gasteiger partial charge is 0.325 e. The van der Waals surface area contributed by atoms with E-state index in [1.165, 1.54) is 55.7 Å². The molecule has 111 heavy (non-hydrogen) atoms. The van der Waals surface area contributed by atoms with Crippen molar-refractivity contribution in [1.29, 1.82) is 0 Å². The number of unbranched alkanes of at least 4 members (excludes halogenated alkanes) is 3. The number of hydrogen-bond donors (Lipinski definition) is 14. The molecule has 0 spiro atoms. The van der Waals surface area contributed by atoms with Gasteiger partial charge in [0.25, 0.3) is 11.8 Å². The molecule has 1 saturated heterocycles. The number of rotatable bonds is 44. The van der Waals surface area contributed by atoms with Crippen LogP contribution < -0.4 is 64.2 Å². The summed E-state index contributed by atoms with van der Waals surface area (Å²) in [6.07, 6.45) is 7.45. The van der Waals surface area contributed by atoms with Gasteiger partial charge in [0.15, 0.2) is 0 Å². The zero-order valence-electron chi connectivity index (χ0n) is 62.7. The van der Waals surface area contributed by atoms with Crippen molar-refractivity contribution in [2.45, 2.75) is 184 Å². The minimum atomic E-state index is -1.84. The van der Waals surface area contributed by atoms with Crippen LogP contribution in [0.1, 0.15) is 142 Å². The number of nitrogens with two attached hydrogens (primary N) is 1. The quantitative estimate of drug-likeness (QED) is 0.0244. The molecule has 0 aliphatic carbocycles. The van der Waals surface area contributed by atoms with Gasteiger partial charge in [-0.1, -0.05) is 98.2 Å². The van der Waals surface area contributed by atoms with Gasteiger partial charge in [-0.25, -0.2) is 0 Å². The summed E-state index contributed by atoms with van der Waals surface area (Å²) in [5.41, 5.74) is 7.81. The van der Waals surface area contributed by atoms with Crippen LogP contribution in [-0.2, 0) is 72.0 Å². The number of aromatic nitrogens is 3. The van der Waals surface area contributed by atoms with Gasteiger partial charge in [-0.15, -0.1) is 0 Å². The number of carbonyl (C=O) groups is 13. The lowest BCUT2D eigenvalue weighted by atomic mass is 9.99. The van der Waals surface area contributed by atoms with Crippen molar-refractivity contribution in [2.24, 2.45) is 11.7 Å². The van der Waals surface area contributed by atoms with E-state index in [4.69, 9.17) is 17.3 Å². The maximum absolute atomic E-state index is 15.1. The summed E-state index contributed by atoms with van der Waals surface area (Å²) >= 11 is 6.26. The van der Waals surface area contributed by atoms with E-state index in [9.17, 15) is 63.0 Å². The molecule has 15 N–H and O–H groups in total. The van der Waals surface area contributed by atoms with Gasteiger partial charge in [0, 0.05) is 75.6 Å². The normalized spacial score (nSPS) is 14.9. The van der Waals surface area contributed by atoms with Crippen LogP contribution in [0.3, 0.4) is 0 Å². The number of pyridine rings is 3. The third-order valence-corrected chi connectivity index (χ3v) is 18.7. The maximum atomic E-state index is 15.1. The van der Waals surface area contributed by atoms with Crippen LogP contribution in [0.2, 0.25) is 5.02 Å². The van der Waals surface area contributed by atoms with Crippen molar-refractivity contribution in [1.82, 2.24) is 78.3 Å². The number of nitrogens with zero attached hydrogens (tertiary/aromatic N) is 4. The summed E-state index contributed by atoms with van der Waals surface area (Å²) in [5.74, 6) is -10.6. The highest BCUT2D eigenvalue weighted by molar-refractivity contribution is 6.30. The van der Waals surface area contributed by atoms with Crippen molar-refractivity contribution in [3.8, 4) is 0 Å². The Morgan fingerprint density at radius 3 is 1.51 bits per heavy atom. The zero-order chi connectivity index (χ0) is 80.4. The topological polar surface area (TPSA) is 463 Å². The van der Waals surface area contributed by atoms with Gasteiger partial charge in [0.2, 0.25) is 59.1 Å². The Hall–Kier alpha value is -11.3. The van der Waals surface area contributed by atoms with E-state index in [2.05, 4.69) is 73.4 Å². The van der Waals surface area contributed by atoms with Gasteiger partial charge in [0.05, 0.1) is 6.61 Å². The predicted octanol–water partition coefficient (Wildman–Crippen LogP) is 2.55. The molecule has 594 valence electrons. The predicted molar refractivity (Wildman–Crippen MR) is 412 cm³/mol. The summed E-state index contributed by atoms with van der Waals surface area (Å²) in [6, 6.07) is 18.6. The second-order valence-electron chi connectivity index (χ2n) is 27.8. The van der Waals surface area contributed by atoms with Crippen molar-refractivity contribution < 1.29 is 72.5 Å². The number of carbonyl (C=O) groups excluding carboxylic acids is 12. The number of fused-ring (bicyclic) bond motifs is 1. The molecule has 0 unspecified atom stereocenters. The molecule has 1 aliphatic heterocycles. The molecular weight excluding hydrogens is 1450 g/mol. The van der Waals surface area contributed by atoms with Gasteiger partial charge in [0.1, 0.15) is 71.8 Å². The lowest BCUT2D eigenvalue weighted by Gasteiger charge is -2.31. The Labute approximate surface area is 649 Å². The summed E-state index contributed by atoms with van der Waals surface area (Å²) < 4.78 is 0. The molecule has 0 radical (unpaired) electrons. The lowest BCUT2D eigenvalue weighted by molar-refractivity contribution is -0.144. The van der Waals surface area contributed by atoms with Gasteiger partial charge >= 0.3 is 5.97 Å². The highest BCUT2D eigenvalue weighted by atomic mass is 35.5. The fourth-order valence-electron chi connectivity index (χ4n) is 12.6. The molecule has 0 bridgehead atoms. The molecule has 12 amide bonds. The van der Waals surface area contributed by atoms with Gasteiger partial charge in [-0.3, -0.25) is 77.3 Å². The summed E-state index contributed by atoms with van der Waals surface area (Å²) in [4.78, 5) is 196. The first-order valence-corrected chi connectivity index (χ1v) is 37.7. The largest absolute Gasteiger partial charge is 0.480 e. The number of hydrogen-bond acceptors (Lipinski definition) is 18. The number of amides is 12. The zero-order valence-corrected chi connectivity index (χ0v) is 63.5. The fourth-order valence-corrected chi connectivity index (χ4v) is 12.7. The number of nitrogens with one attached hydrogen (secondary N) is 11. The third-order valence-electron chi connectivity index (χ3n) is 18.5. The van der Waals surface area contributed by atoms with Crippen LogP contribution >= 0.6 is 11.6 Å². The van der Waals surface area contributed by atoms with E-state index < -0.39 is 144 Å². The average molecular weight is 1550 g/mol. The Bertz CT molecular complexity index is 4130. The lowest BCUT2D eigenvalue weighted by Crippen LogP contribution is -2.61. The van der Waals surface area contributed by atoms with E-state index in [1.54, 1.807) is 74.5 Å². The number of aliphatic carboxylic acids is 1. The number of carboxylic acids is 1. The van der Waals surface area contributed by atoms with Crippen LogP contribution in [0.25, 0.3) is 10.8 Å². The van der Waals surface area contributed by atoms with Crippen LogP contribution in [0.4, 0.5) is 0 Å². The summed E-state index contributed by atoms with van der Waals surface area (Å²) in [6.45, 7) is 5.61. The maximum Gasteiger partial charge on any atom is 0.325 e. The SMILES string of the molecule is CC(=O)N[C@@H](Cc1ccc2ccccc2c1)C(=O)N[C@@H](Cc1ccc(Cl)cc1)C(=O)N[C@@H](Cc1cccnc1)C(=O)N[C@@H](CO)C(=O)N[C@@H](CCCCNC(=O)c1ccccn1)C(=O)N[C@@H](CCCCNC(=O)c1ccccn1)C(=O)N[C@@H](CC(C)C)C(=O)N[C@@H](CCCCN)C(=O)N1CCC[C@@H]1C(=O)N[C@@H](C)C(=O)O. The van der Waals surface area contributed by atoms with Crippen LogP contribution in [0, 0.1) is 5.92 Å². The minimum Gasteiger partial charge on any atom is -0.480 e. The van der Waals surface area contributed by atoms with Crippen molar-refractivity contribution >= 4 is 99.2 Å². The molecule has 1 fully saturated rings. The number of benzene rings is 3. The van der Waals surface area contributed by atoms with Crippen LogP contribution in [0.15, 0.2) is 140 Å². The van der Waals surface area contributed by atoms with Crippen molar-refractivity contribution in [2.75, 3.05) is 32.8 Å². The van der Waals surface area contributed by atoms with Gasteiger partial charge in [-0.05, 0) is 166 Å². The number of aliphatic hydroxyl groups excluding tert-OH is 1. The molecule has 6 aromatic rings. The number of likely N-dealkylation sites (tertiary alicyclic amines) is 1. The molecule has 3 aromatic heterocycles. The standard InChI is InChI=1S/C79H101ClN16O15/c1-48(2)41-62(72(103)91-61(26-7-12-34-81)78(109)96-40-18-27-67(96)77(108)87-49(3)79(110)111)92-71(102)60(25-11-16-39-86-69(100)58-23-9-14-37-84-58)89-70(101)59(24-10-15-38-85-68(99)57-22-8-13-36-83-57)90-76(107)66(47-97)95-75(106)65(45-53-19-17-35-82-46-53)94-74(105)64(43-51-29-32-56(80)33-30-51)93-73(104)63(88-50(4)98)44-52-28-31-54-20-5-6-21-55(54)42-52/h5-6,8-9,13-14,17,19-23,28-33,35-37,42,46,48-49,59-67,97H,7,10-12,15-16,18,24-27,34,38-41,43-45,47,81H2,1-4H3,(H,85,99)(H,86,100)(H,87,108)(H,88,98)(H,89,101)(H,90,107)(H,91,103)(H,92,102)(H,93,104)(H,94,105)(H,95,106)(H,110,111)/t49-,59-,60-,61-,62-,63-,64-,65-,66-,67+/m0/s1. The van der Waals surface area contributed by atoms with Crippen molar-refractivity contribution in [3.05, 3.63) is 173 Å². The highest BCUT2D eigenvalue weighted by Gasteiger charge is 2.40. The molecular formula is C79H101ClN16O15. The van der Waals surface area contributed by atoms with Crippen LogP contribution in [-0.4, -0.2) is 200 Å². The Kier molecular flexibility index (Phi) is 35.2. The van der Waals surface area contributed by atoms with Gasteiger partial charge in [-0.2, -0.15) is 0 Å². The van der Waals surface area contributed by atoms with E-state index in [0.29, 0.717) is 41.0 Å².